The Bertz CT molecular complexity index is 2490. The maximum Gasteiger partial charge on any atom is 0.145 e. The number of aromatic nitrogens is 1. The molecule has 0 radical (unpaired) electrons. The number of furan rings is 1. The Balaban J connectivity index is 0. The molecule has 0 bridgehead atoms. The van der Waals surface area contributed by atoms with Gasteiger partial charge in [-0.1, -0.05) is 217 Å². The zero-order chi connectivity index (χ0) is 53.0. The van der Waals surface area contributed by atoms with Crippen LogP contribution in [0.3, 0.4) is 0 Å². The lowest BCUT2D eigenvalue weighted by molar-refractivity contribution is 0.591. The lowest BCUT2D eigenvalue weighted by atomic mass is 9.86. The molecule has 4 aromatic carbocycles. The van der Waals surface area contributed by atoms with Crippen molar-refractivity contribution >= 4 is 62.0 Å². The van der Waals surface area contributed by atoms with Crippen molar-refractivity contribution in [3.05, 3.63) is 187 Å². The summed E-state index contributed by atoms with van der Waals surface area (Å²) in [4.78, 5) is 0. The van der Waals surface area contributed by atoms with Gasteiger partial charge in [0, 0.05) is 39.6 Å². The third kappa shape index (κ3) is 19.0. The molecule has 0 spiro atoms. The van der Waals surface area contributed by atoms with Gasteiger partial charge in [-0.25, -0.2) is 0 Å². The highest BCUT2D eigenvalue weighted by Gasteiger charge is 2.22. The van der Waals surface area contributed by atoms with E-state index in [1.165, 1.54) is 16.5 Å². The highest BCUT2D eigenvalue weighted by atomic mass is 16.3. The van der Waals surface area contributed by atoms with E-state index in [4.69, 9.17) is 4.42 Å². The average Bonchev–Trinajstić information content (AvgIpc) is 3.94. The van der Waals surface area contributed by atoms with Crippen LogP contribution in [0.15, 0.2) is 175 Å². The van der Waals surface area contributed by atoms with Crippen molar-refractivity contribution in [3.8, 4) is 0 Å². The molecule has 0 aliphatic carbocycles. The zero-order valence-electron chi connectivity index (χ0n) is 47.0. The van der Waals surface area contributed by atoms with Gasteiger partial charge in [0.1, 0.15) is 11.3 Å². The van der Waals surface area contributed by atoms with E-state index in [1.807, 2.05) is 158 Å². The third-order valence-corrected chi connectivity index (χ3v) is 9.82. The van der Waals surface area contributed by atoms with Gasteiger partial charge < -0.3 is 19.6 Å². The summed E-state index contributed by atoms with van der Waals surface area (Å²) >= 11 is 0. The van der Waals surface area contributed by atoms with E-state index < -0.39 is 0 Å². The minimum atomic E-state index is 0.0267. The minimum absolute atomic E-state index is 0.0267. The molecule has 0 fully saturated rings. The predicted molar refractivity (Wildman–Crippen MR) is 321 cm³/mol. The van der Waals surface area contributed by atoms with Crippen LogP contribution in [-0.2, 0) is 5.41 Å². The van der Waals surface area contributed by atoms with Gasteiger partial charge in [-0.15, -0.1) is 0 Å². The highest BCUT2D eigenvalue weighted by Crippen LogP contribution is 2.42. The van der Waals surface area contributed by atoms with Crippen LogP contribution < -0.4 is 10.6 Å². The van der Waals surface area contributed by atoms with Gasteiger partial charge >= 0.3 is 0 Å². The monoisotopic (exact) mass is 934 g/mol. The van der Waals surface area contributed by atoms with E-state index in [9.17, 15) is 0 Å². The number of hydrogen-bond acceptors (Lipinski definition) is 3. The smallest absolute Gasteiger partial charge is 0.145 e. The molecule has 2 heterocycles. The summed E-state index contributed by atoms with van der Waals surface area (Å²) in [5, 5.41) is 10.3. The average molecular weight is 934 g/mol. The van der Waals surface area contributed by atoms with Gasteiger partial charge in [0.15, 0.2) is 0 Å². The van der Waals surface area contributed by atoms with Crippen LogP contribution in [0.2, 0.25) is 0 Å². The van der Waals surface area contributed by atoms with Gasteiger partial charge in [-0.3, -0.25) is 0 Å². The van der Waals surface area contributed by atoms with Crippen molar-refractivity contribution in [2.24, 2.45) is 0 Å². The maximum atomic E-state index is 6.54. The van der Waals surface area contributed by atoms with Crippen LogP contribution in [0.25, 0.3) is 50.6 Å². The van der Waals surface area contributed by atoms with Crippen molar-refractivity contribution in [3.63, 3.8) is 0 Å². The molecular formula is C65H95N3O. The first kappa shape index (κ1) is 64.8. The number of fused-ring (bicyclic) bond motifs is 5. The lowest BCUT2D eigenvalue weighted by Crippen LogP contribution is -2.10. The van der Waals surface area contributed by atoms with E-state index in [0.29, 0.717) is 0 Å². The summed E-state index contributed by atoms with van der Waals surface area (Å²) in [6.07, 6.45) is 21.4. The Morgan fingerprint density at radius 2 is 1.25 bits per heavy atom. The maximum absolute atomic E-state index is 6.54. The fourth-order valence-corrected chi connectivity index (χ4v) is 6.98. The summed E-state index contributed by atoms with van der Waals surface area (Å²) in [5.74, 6) is 0.836. The molecule has 376 valence electrons. The number of rotatable bonds is 14. The second-order valence-corrected chi connectivity index (χ2v) is 15.0. The molecule has 0 amide bonds. The van der Waals surface area contributed by atoms with E-state index in [2.05, 4.69) is 155 Å². The van der Waals surface area contributed by atoms with Crippen LogP contribution in [0, 0.1) is 0 Å². The van der Waals surface area contributed by atoms with Crippen LogP contribution in [-0.4, -0.2) is 4.57 Å². The number of nitrogens with zero attached hydrogens (tertiary/aromatic N) is 1. The van der Waals surface area contributed by atoms with Crippen LogP contribution >= 0.6 is 0 Å². The van der Waals surface area contributed by atoms with Crippen molar-refractivity contribution in [2.45, 2.75) is 156 Å². The van der Waals surface area contributed by atoms with Crippen LogP contribution in [0.4, 0.5) is 11.4 Å². The molecule has 0 atom stereocenters. The van der Waals surface area contributed by atoms with E-state index in [1.54, 1.807) is 0 Å². The molecule has 4 nitrogen and oxygen atoms in total. The first-order valence-electron chi connectivity index (χ1n) is 26.1. The Hall–Kier alpha value is -6.26. The third-order valence-electron chi connectivity index (χ3n) is 9.82. The van der Waals surface area contributed by atoms with Gasteiger partial charge in [0.25, 0.3) is 0 Å². The fourth-order valence-electron chi connectivity index (χ4n) is 6.98. The molecule has 0 aliphatic rings. The van der Waals surface area contributed by atoms with Crippen molar-refractivity contribution in [1.82, 2.24) is 4.57 Å². The molecule has 0 saturated carbocycles. The molecule has 6 rings (SSSR count). The summed E-state index contributed by atoms with van der Waals surface area (Å²) in [6, 6.07) is 31.6. The number of nitrogens with one attached hydrogen (secondary N) is 2. The first-order valence-corrected chi connectivity index (χ1v) is 26.1. The highest BCUT2D eigenvalue weighted by molar-refractivity contribution is 6.21. The molecule has 0 saturated heterocycles. The van der Waals surface area contributed by atoms with E-state index in [-0.39, 0.29) is 5.41 Å². The van der Waals surface area contributed by atoms with Gasteiger partial charge in [0.2, 0.25) is 0 Å². The summed E-state index contributed by atoms with van der Waals surface area (Å²) in [5.41, 5.74) is 12.0. The molecule has 6 aromatic rings. The number of allylic oxidation sites excluding steroid dienone is 9. The lowest BCUT2D eigenvalue weighted by Gasteiger charge is -2.19. The van der Waals surface area contributed by atoms with Crippen molar-refractivity contribution in [2.75, 3.05) is 10.6 Å². The molecular weight excluding hydrogens is 839 g/mol. The summed E-state index contributed by atoms with van der Waals surface area (Å²) < 4.78 is 8.85. The largest absolute Gasteiger partial charge is 0.455 e. The SMILES string of the molecule is C=C/C(Nc1ccccc1)=C(\CCC)C(=C)/C=C\CC.C=Cc1c(/C=C\C)oc2c1ccc1c2c2cc(C(C)(C)C)ccc2n1C(/C=C\C)=C/Nc1ccccc1.CC.CC.CC.CC.CC.CC. The second-order valence-electron chi connectivity index (χ2n) is 15.0. The number of anilines is 2. The topological polar surface area (TPSA) is 42.1 Å². The Morgan fingerprint density at radius 3 is 1.74 bits per heavy atom. The standard InChI is InChI=1S/C34H34N2O.C19H25N.6C2H6/c1-7-13-25(22-35-24-15-11-10-12-16-24)36-29-19-17-23(34(4,5)6)21-28(29)32-30(36)20-18-27-26(9-3)31(14-8-2)37-33(27)32;1-5-8-13-16(4)18(12-6-2)19(7-3)20-17-14-10-9-11-15-17;6*1-2/h7-22,35H,3H2,1-2,4-6H3;7-11,13-15,20H,3-6,12H2,1-2H3;6*1-2H3/b13-7-,14-8-,25-22+;13-8-,19-18-;;;;;;. The number of benzene rings is 4. The normalized spacial score (nSPS) is 11.0. The molecule has 69 heavy (non-hydrogen) atoms. The van der Waals surface area contributed by atoms with E-state index in [0.717, 1.165) is 86.3 Å². The van der Waals surface area contributed by atoms with Crippen LogP contribution in [0.1, 0.15) is 168 Å². The molecule has 4 heteroatoms. The summed E-state index contributed by atoms with van der Waals surface area (Å²) in [7, 11) is 0. The van der Waals surface area contributed by atoms with Crippen molar-refractivity contribution < 1.29 is 4.42 Å². The zero-order valence-corrected chi connectivity index (χ0v) is 47.0. The predicted octanol–water partition coefficient (Wildman–Crippen LogP) is 22.0. The van der Waals surface area contributed by atoms with Gasteiger partial charge in [0.05, 0.1) is 22.1 Å². The molecule has 2 aromatic heterocycles. The Labute approximate surface area is 423 Å². The van der Waals surface area contributed by atoms with Crippen LogP contribution in [0.5, 0.6) is 0 Å². The Morgan fingerprint density at radius 1 is 0.681 bits per heavy atom. The Kier molecular flexibility index (Phi) is 35.4. The van der Waals surface area contributed by atoms with Gasteiger partial charge in [-0.2, -0.15) is 0 Å². The number of para-hydroxylation sites is 2. The second kappa shape index (κ2) is 37.7. The first-order chi connectivity index (χ1) is 33.6. The molecule has 2 N–H and O–H groups in total. The molecule has 0 aliphatic heterocycles. The van der Waals surface area contributed by atoms with E-state index >= 15 is 0 Å². The quantitative estimate of drug-likeness (QED) is 0.107. The van der Waals surface area contributed by atoms with Crippen molar-refractivity contribution in [1.29, 1.82) is 0 Å². The number of hydrogen-bond donors (Lipinski definition) is 2. The summed E-state index contributed by atoms with van der Waals surface area (Å²) in [6.45, 7) is 51.3. The molecule has 0 unspecified atom stereocenters. The van der Waals surface area contributed by atoms with Gasteiger partial charge in [-0.05, 0) is 116 Å². The fraction of sp³-hybridized carbons (Fsp3) is 0.354. The minimum Gasteiger partial charge on any atom is -0.455 e.